The summed E-state index contributed by atoms with van der Waals surface area (Å²) < 4.78 is 4.77. The molecule has 1 fully saturated rings. The van der Waals surface area contributed by atoms with E-state index in [0.717, 1.165) is 25.7 Å². The van der Waals surface area contributed by atoms with Crippen molar-refractivity contribution < 1.29 is 19.1 Å². The van der Waals surface area contributed by atoms with Gasteiger partial charge in [-0.3, -0.25) is 15.1 Å². The normalized spacial score (nSPS) is 20.4. The Hall–Kier alpha value is -2.51. The molecule has 1 aromatic rings. The molecule has 0 aromatic carbocycles. The van der Waals surface area contributed by atoms with Crippen LogP contribution in [0.25, 0.3) is 0 Å². The third kappa shape index (κ3) is 5.32. The largest absolute Gasteiger partial charge is 0.451 e. The van der Waals surface area contributed by atoms with Crippen molar-refractivity contribution in [3.05, 3.63) is 24.3 Å². The van der Waals surface area contributed by atoms with E-state index in [1.807, 2.05) is 0 Å². The number of hydrogen-bond acceptors (Lipinski definition) is 6. The minimum atomic E-state index is -0.769. The second-order valence-electron chi connectivity index (χ2n) is 5.56. The Bertz CT molecular complexity index is 564. The Kier molecular flexibility index (Phi) is 6.02. The van der Waals surface area contributed by atoms with Gasteiger partial charge >= 0.3 is 12.0 Å². The van der Waals surface area contributed by atoms with E-state index < -0.39 is 24.5 Å². The van der Waals surface area contributed by atoms with Gasteiger partial charge < -0.3 is 10.1 Å². The quantitative estimate of drug-likeness (QED) is 0.802. The molecule has 124 valence electrons. The maximum absolute atomic E-state index is 11.8. The molecule has 1 heterocycles. The van der Waals surface area contributed by atoms with Crippen LogP contribution in [-0.2, 0) is 9.53 Å². The second-order valence-corrected chi connectivity index (χ2v) is 5.56. The van der Waals surface area contributed by atoms with E-state index in [1.54, 1.807) is 0 Å². The van der Waals surface area contributed by atoms with Crippen molar-refractivity contribution in [1.29, 1.82) is 0 Å². The summed E-state index contributed by atoms with van der Waals surface area (Å²) in [5.74, 6) is -1.07. The molecule has 1 aromatic heterocycles. The summed E-state index contributed by atoms with van der Waals surface area (Å²) in [6.45, 7) is 1.53. The molecule has 0 aliphatic heterocycles. The molecule has 0 spiro atoms. The van der Waals surface area contributed by atoms with Crippen molar-refractivity contribution in [2.24, 2.45) is 5.92 Å². The Labute approximate surface area is 134 Å². The molecule has 8 nitrogen and oxygen atoms in total. The number of amides is 3. The molecule has 0 radical (unpaired) electrons. The SMILES string of the molecule is C[C@@H]1CCCC[C@@H]1NC(=O)NC(=O)COC(=O)c1cnccn1. The van der Waals surface area contributed by atoms with Crippen LogP contribution in [0.15, 0.2) is 18.6 Å². The predicted octanol–water partition coefficient (Wildman–Crippen LogP) is 1.04. The first-order valence-electron chi connectivity index (χ1n) is 7.59. The van der Waals surface area contributed by atoms with Crippen LogP contribution in [-0.4, -0.2) is 40.5 Å². The average molecular weight is 320 g/mol. The number of hydrogen-bond donors (Lipinski definition) is 2. The smallest absolute Gasteiger partial charge is 0.359 e. The molecule has 3 amide bonds. The number of rotatable bonds is 4. The van der Waals surface area contributed by atoms with Gasteiger partial charge in [0.15, 0.2) is 12.3 Å². The van der Waals surface area contributed by atoms with Crippen molar-refractivity contribution in [2.45, 2.75) is 38.6 Å². The lowest BCUT2D eigenvalue weighted by atomic mass is 9.86. The standard InChI is InChI=1S/C15H20N4O4/c1-10-4-2-3-5-11(10)18-15(22)19-13(20)9-23-14(21)12-8-16-6-7-17-12/h6-8,10-11H,2-5,9H2,1H3,(H2,18,19,20,22)/t10-,11+/m1/s1. The summed E-state index contributed by atoms with van der Waals surface area (Å²) in [7, 11) is 0. The highest BCUT2D eigenvalue weighted by Crippen LogP contribution is 2.23. The molecule has 0 bridgehead atoms. The lowest BCUT2D eigenvalue weighted by molar-refractivity contribution is -0.123. The summed E-state index contributed by atoms with van der Waals surface area (Å²) in [5, 5.41) is 4.94. The molecule has 2 rings (SSSR count). The first kappa shape index (κ1) is 16.9. The van der Waals surface area contributed by atoms with Gasteiger partial charge in [0.2, 0.25) is 0 Å². The Morgan fingerprint density at radius 3 is 2.74 bits per heavy atom. The minimum Gasteiger partial charge on any atom is -0.451 e. The van der Waals surface area contributed by atoms with Crippen molar-refractivity contribution in [2.75, 3.05) is 6.61 Å². The van der Waals surface area contributed by atoms with E-state index in [2.05, 4.69) is 27.5 Å². The highest BCUT2D eigenvalue weighted by molar-refractivity contribution is 5.96. The molecule has 2 N–H and O–H groups in total. The van der Waals surface area contributed by atoms with Crippen LogP contribution < -0.4 is 10.6 Å². The number of esters is 1. The van der Waals surface area contributed by atoms with Crippen LogP contribution >= 0.6 is 0 Å². The zero-order chi connectivity index (χ0) is 16.7. The van der Waals surface area contributed by atoms with Crippen LogP contribution in [0.2, 0.25) is 0 Å². The van der Waals surface area contributed by atoms with Gasteiger partial charge in [-0.05, 0) is 18.8 Å². The molecule has 0 saturated heterocycles. The van der Waals surface area contributed by atoms with Crippen molar-refractivity contribution in [3.8, 4) is 0 Å². The van der Waals surface area contributed by atoms with Crippen molar-refractivity contribution in [3.63, 3.8) is 0 Å². The summed E-state index contributed by atoms with van der Waals surface area (Å²) in [4.78, 5) is 42.5. The Morgan fingerprint density at radius 1 is 1.26 bits per heavy atom. The predicted molar refractivity (Wildman–Crippen MR) is 80.4 cm³/mol. The van der Waals surface area contributed by atoms with E-state index in [9.17, 15) is 14.4 Å². The minimum absolute atomic E-state index is 0.000724. The molecule has 1 aliphatic rings. The number of carbonyl (C=O) groups is 3. The van der Waals surface area contributed by atoms with Crippen LogP contribution in [0.4, 0.5) is 4.79 Å². The summed E-state index contributed by atoms with van der Waals surface area (Å²) >= 11 is 0. The zero-order valence-corrected chi connectivity index (χ0v) is 12.9. The maximum Gasteiger partial charge on any atom is 0.359 e. The lowest BCUT2D eigenvalue weighted by Crippen LogP contribution is -2.48. The van der Waals surface area contributed by atoms with Crippen LogP contribution in [0.5, 0.6) is 0 Å². The molecule has 1 aliphatic carbocycles. The highest BCUT2D eigenvalue weighted by atomic mass is 16.5. The first-order chi connectivity index (χ1) is 11.1. The number of ether oxygens (including phenoxy) is 1. The van der Waals surface area contributed by atoms with Crippen molar-refractivity contribution >= 4 is 17.9 Å². The van der Waals surface area contributed by atoms with Gasteiger partial charge in [-0.15, -0.1) is 0 Å². The summed E-state index contributed by atoms with van der Waals surface area (Å²) in [5.41, 5.74) is 0.000724. The van der Waals surface area contributed by atoms with Gasteiger partial charge in [0.1, 0.15) is 0 Å². The van der Waals surface area contributed by atoms with Crippen LogP contribution in [0.3, 0.4) is 0 Å². The van der Waals surface area contributed by atoms with Crippen LogP contribution in [0, 0.1) is 5.92 Å². The van der Waals surface area contributed by atoms with Gasteiger partial charge in [-0.2, -0.15) is 0 Å². The number of nitrogens with zero attached hydrogens (tertiary/aromatic N) is 2. The highest BCUT2D eigenvalue weighted by Gasteiger charge is 2.23. The van der Waals surface area contributed by atoms with E-state index in [0.29, 0.717) is 5.92 Å². The molecule has 23 heavy (non-hydrogen) atoms. The van der Waals surface area contributed by atoms with Gasteiger partial charge in [0.05, 0.1) is 6.20 Å². The molecule has 0 unspecified atom stereocenters. The van der Waals surface area contributed by atoms with E-state index in [1.165, 1.54) is 18.6 Å². The van der Waals surface area contributed by atoms with E-state index in [-0.39, 0.29) is 11.7 Å². The van der Waals surface area contributed by atoms with Gasteiger partial charge in [-0.1, -0.05) is 19.8 Å². The fourth-order valence-electron chi connectivity index (χ4n) is 2.51. The number of nitrogens with one attached hydrogen (secondary N) is 2. The molecule has 2 atom stereocenters. The number of urea groups is 1. The number of imide groups is 1. The Balaban J connectivity index is 1.71. The fraction of sp³-hybridized carbons (Fsp3) is 0.533. The van der Waals surface area contributed by atoms with Gasteiger partial charge in [-0.25, -0.2) is 14.6 Å². The van der Waals surface area contributed by atoms with E-state index >= 15 is 0 Å². The lowest BCUT2D eigenvalue weighted by Gasteiger charge is -2.29. The molecular formula is C15H20N4O4. The third-order valence-electron chi connectivity index (χ3n) is 3.79. The topological polar surface area (TPSA) is 110 Å². The summed E-state index contributed by atoms with van der Waals surface area (Å²) in [6.07, 6.45) is 8.20. The summed E-state index contributed by atoms with van der Waals surface area (Å²) in [6, 6.07) is -0.497. The molecule has 1 saturated carbocycles. The zero-order valence-electron chi connectivity index (χ0n) is 12.9. The average Bonchev–Trinajstić information content (AvgIpc) is 2.55. The first-order valence-corrected chi connectivity index (χ1v) is 7.59. The van der Waals surface area contributed by atoms with Gasteiger partial charge in [0.25, 0.3) is 5.91 Å². The monoisotopic (exact) mass is 320 g/mol. The fourth-order valence-corrected chi connectivity index (χ4v) is 2.51. The van der Waals surface area contributed by atoms with E-state index in [4.69, 9.17) is 4.74 Å². The third-order valence-corrected chi connectivity index (χ3v) is 3.79. The number of aromatic nitrogens is 2. The maximum atomic E-state index is 11.8. The van der Waals surface area contributed by atoms with Gasteiger partial charge in [0, 0.05) is 18.4 Å². The number of carbonyl (C=O) groups excluding carboxylic acids is 3. The molecule has 8 heteroatoms. The van der Waals surface area contributed by atoms with Crippen molar-refractivity contribution in [1.82, 2.24) is 20.6 Å². The second kappa shape index (κ2) is 8.21. The molecular weight excluding hydrogens is 300 g/mol. The van der Waals surface area contributed by atoms with Crippen LogP contribution in [0.1, 0.15) is 43.1 Å². The Morgan fingerprint density at radius 2 is 2.04 bits per heavy atom.